The fourth-order valence-corrected chi connectivity index (χ4v) is 3.22. The lowest BCUT2D eigenvalue weighted by Gasteiger charge is -2.11. The molecule has 0 saturated heterocycles. The van der Waals surface area contributed by atoms with Crippen molar-refractivity contribution < 1.29 is 14.6 Å². The maximum absolute atomic E-state index is 11.0. The van der Waals surface area contributed by atoms with Crippen LogP contribution in [0.2, 0.25) is 0 Å². The second kappa shape index (κ2) is 8.94. The monoisotopic (exact) mass is 448 g/mol. The fraction of sp³-hybridized carbons (Fsp3) is 0.167. The number of anilines is 2. The number of halogens is 1. The summed E-state index contributed by atoms with van der Waals surface area (Å²) in [5.74, 6) is 1.51. The van der Waals surface area contributed by atoms with Gasteiger partial charge in [0.25, 0.3) is 0 Å². The van der Waals surface area contributed by atoms with E-state index >= 15 is 0 Å². The lowest BCUT2D eigenvalue weighted by Crippen LogP contribution is -2.25. The van der Waals surface area contributed by atoms with E-state index in [1.165, 1.54) is 18.3 Å². The van der Waals surface area contributed by atoms with Crippen molar-refractivity contribution in [1.29, 1.82) is 0 Å². The van der Waals surface area contributed by atoms with Crippen molar-refractivity contribution in [2.24, 2.45) is 0 Å². The van der Waals surface area contributed by atoms with Crippen LogP contribution in [0.1, 0.15) is 18.7 Å². The minimum absolute atomic E-state index is 0.109. The predicted octanol–water partition coefficient (Wildman–Crippen LogP) is 4.01. The Morgan fingerprint density at radius 2 is 2.15 bits per heavy atom. The third-order valence-electron chi connectivity index (χ3n) is 3.42. The number of rotatable bonds is 7. The number of thiazole rings is 1. The molecule has 1 amide bonds. The number of nitrogens with zero attached hydrogens (tertiary/aromatic N) is 2. The zero-order chi connectivity index (χ0) is 19.2. The van der Waals surface area contributed by atoms with E-state index in [9.17, 15) is 9.90 Å². The molecule has 3 N–H and O–H groups in total. The van der Waals surface area contributed by atoms with Gasteiger partial charge < -0.3 is 20.5 Å². The van der Waals surface area contributed by atoms with Gasteiger partial charge >= 0.3 is 0 Å². The van der Waals surface area contributed by atoms with Crippen molar-refractivity contribution in [2.45, 2.75) is 13.0 Å². The average molecular weight is 449 g/mol. The number of para-hydroxylation sites is 1. The molecule has 2 aromatic heterocycles. The molecule has 0 saturated carbocycles. The number of hydrogen-bond donors (Lipinski definition) is 3. The van der Waals surface area contributed by atoms with E-state index in [0.29, 0.717) is 28.1 Å². The number of aliphatic hydroxyl groups is 1. The summed E-state index contributed by atoms with van der Waals surface area (Å²) in [4.78, 5) is 19.7. The number of aromatic nitrogens is 2. The molecule has 1 unspecified atom stereocenters. The number of ether oxygens (including phenoxy) is 1. The molecule has 27 heavy (non-hydrogen) atoms. The number of carbonyl (C=O) groups is 1. The molecule has 1 atom stereocenters. The molecule has 0 bridgehead atoms. The van der Waals surface area contributed by atoms with E-state index in [4.69, 9.17) is 4.74 Å². The first kappa shape index (κ1) is 19.3. The summed E-state index contributed by atoms with van der Waals surface area (Å²) in [5.41, 5.74) is 0.471. The number of aliphatic hydroxyl groups excluding tert-OH is 1. The third-order valence-corrected chi connectivity index (χ3v) is 4.63. The second-order valence-corrected chi connectivity index (χ2v) is 7.34. The Bertz CT molecular complexity index is 920. The molecule has 0 spiro atoms. The molecule has 0 fully saturated rings. The molecule has 1 aromatic carbocycles. The molecule has 3 aromatic rings. The summed E-state index contributed by atoms with van der Waals surface area (Å²) in [7, 11) is 0. The highest BCUT2D eigenvalue weighted by molar-refractivity contribution is 9.10. The summed E-state index contributed by atoms with van der Waals surface area (Å²) < 4.78 is 6.69. The number of amides is 1. The maximum Gasteiger partial charge on any atom is 0.216 e. The Balaban J connectivity index is 1.75. The van der Waals surface area contributed by atoms with Crippen molar-refractivity contribution in [3.63, 3.8) is 0 Å². The van der Waals surface area contributed by atoms with Crippen LogP contribution in [0.15, 0.2) is 52.4 Å². The van der Waals surface area contributed by atoms with Gasteiger partial charge in [-0.25, -0.2) is 9.97 Å². The molecule has 0 aliphatic rings. The van der Waals surface area contributed by atoms with Crippen LogP contribution in [0.25, 0.3) is 0 Å². The second-order valence-electron chi connectivity index (χ2n) is 5.57. The van der Waals surface area contributed by atoms with E-state index in [0.717, 1.165) is 4.47 Å². The SMILES string of the molecule is CC(=O)NCC(O)c1csc(Nc2ncc(Br)cc2Oc2ccccc2)n1. The Morgan fingerprint density at radius 3 is 2.89 bits per heavy atom. The van der Waals surface area contributed by atoms with Crippen LogP contribution in [-0.2, 0) is 4.79 Å². The third kappa shape index (κ3) is 5.49. The highest BCUT2D eigenvalue weighted by Crippen LogP contribution is 2.33. The fourth-order valence-electron chi connectivity index (χ4n) is 2.15. The van der Waals surface area contributed by atoms with Gasteiger partial charge in [-0.05, 0) is 28.1 Å². The van der Waals surface area contributed by atoms with Gasteiger partial charge in [0.2, 0.25) is 5.91 Å². The van der Waals surface area contributed by atoms with Crippen molar-refractivity contribution in [2.75, 3.05) is 11.9 Å². The summed E-state index contributed by atoms with van der Waals surface area (Å²) >= 11 is 4.72. The van der Waals surface area contributed by atoms with Crippen LogP contribution in [0, 0.1) is 0 Å². The van der Waals surface area contributed by atoms with Crippen LogP contribution in [0.3, 0.4) is 0 Å². The van der Waals surface area contributed by atoms with E-state index in [1.54, 1.807) is 11.6 Å². The highest BCUT2D eigenvalue weighted by atomic mass is 79.9. The summed E-state index contributed by atoms with van der Waals surface area (Å²) in [6.07, 6.45) is 0.777. The van der Waals surface area contributed by atoms with E-state index in [1.807, 2.05) is 36.4 Å². The van der Waals surface area contributed by atoms with Crippen molar-refractivity contribution in [1.82, 2.24) is 15.3 Å². The van der Waals surface area contributed by atoms with Gasteiger partial charge in [-0.15, -0.1) is 11.3 Å². The highest BCUT2D eigenvalue weighted by Gasteiger charge is 2.15. The summed E-state index contributed by atoms with van der Waals surface area (Å²) in [6.45, 7) is 1.51. The van der Waals surface area contributed by atoms with Gasteiger partial charge in [-0.1, -0.05) is 18.2 Å². The first-order valence-electron chi connectivity index (χ1n) is 8.04. The van der Waals surface area contributed by atoms with E-state index < -0.39 is 6.10 Å². The number of carbonyl (C=O) groups excluding carboxylic acids is 1. The van der Waals surface area contributed by atoms with E-state index in [-0.39, 0.29) is 12.5 Å². The summed E-state index contributed by atoms with van der Waals surface area (Å²) in [6, 6.07) is 11.2. The lowest BCUT2D eigenvalue weighted by molar-refractivity contribution is -0.119. The number of nitrogens with one attached hydrogen (secondary N) is 2. The van der Waals surface area contributed by atoms with Crippen LogP contribution in [-0.4, -0.2) is 27.5 Å². The van der Waals surface area contributed by atoms with Crippen LogP contribution in [0.5, 0.6) is 11.5 Å². The van der Waals surface area contributed by atoms with Gasteiger partial charge in [0, 0.05) is 35.6 Å². The van der Waals surface area contributed by atoms with Gasteiger partial charge in [0.05, 0.1) is 5.69 Å². The molecule has 2 heterocycles. The number of hydrogen-bond acceptors (Lipinski definition) is 7. The van der Waals surface area contributed by atoms with Gasteiger partial charge in [0.15, 0.2) is 16.7 Å². The van der Waals surface area contributed by atoms with Crippen molar-refractivity contribution >= 4 is 44.1 Å². The average Bonchev–Trinajstić information content (AvgIpc) is 3.11. The van der Waals surface area contributed by atoms with E-state index in [2.05, 4.69) is 36.5 Å². The van der Waals surface area contributed by atoms with Crippen molar-refractivity contribution in [3.05, 3.63) is 58.1 Å². The smallest absolute Gasteiger partial charge is 0.216 e. The molecule has 3 rings (SSSR count). The lowest BCUT2D eigenvalue weighted by atomic mass is 10.3. The summed E-state index contributed by atoms with van der Waals surface area (Å²) in [5, 5.41) is 18.0. The number of benzene rings is 1. The van der Waals surface area contributed by atoms with Crippen molar-refractivity contribution in [3.8, 4) is 11.5 Å². The minimum Gasteiger partial charge on any atom is -0.453 e. The normalized spacial score (nSPS) is 11.7. The quantitative estimate of drug-likeness (QED) is 0.505. The Morgan fingerprint density at radius 1 is 1.37 bits per heavy atom. The first-order valence-corrected chi connectivity index (χ1v) is 9.72. The number of pyridine rings is 1. The molecular formula is C18H17BrN4O3S. The largest absolute Gasteiger partial charge is 0.453 e. The van der Waals surface area contributed by atoms with Crippen LogP contribution < -0.4 is 15.4 Å². The zero-order valence-electron chi connectivity index (χ0n) is 14.3. The molecule has 140 valence electrons. The molecule has 0 aliphatic heterocycles. The standard InChI is InChI=1S/C18H17BrN4O3S/c1-11(24)20-9-15(25)14-10-27-18(22-14)23-17-16(7-12(19)8-21-17)26-13-5-3-2-4-6-13/h2-8,10,15,25H,9H2,1H3,(H,20,24)(H,21,22,23). The first-order chi connectivity index (χ1) is 13.0. The molecule has 0 aliphatic carbocycles. The van der Waals surface area contributed by atoms with Crippen LogP contribution in [0.4, 0.5) is 10.9 Å². The Labute approximate surface area is 168 Å². The van der Waals surface area contributed by atoms with Gasteiger partial charge in [0.1, 0.15) is 11.9 Å². The zero-order valence-corrected chi connectivity index (χ0v) is 16.8. The van der Waals surface area contributed by atoms with Gasteiger partial charge in [-0.2, -0.15) is 0 Å². The van der Waals surface area contributed by atoms with Crippen LogP contribution >= 0.6 is 27.3 Å². The molecule has 9 heteroatoms. The Hall–Kier alpha value is -2.49. The minimum atomic E-state index is -0.876. The molecule has 7 nitrogen and oxygen atoms in total. The Kier molecular flexibility index (Phi) is 6.38. The topological polar surface area (TPSA) is 96.4 Å². The molecular weight excluding hydrogens is 432 g/mol. The molecule has 0 radical (unpaired) electrons. The predicted molar refractivity (Wildman–Crippen MR) is 107 cm³/mol. The maximum atomic E-state index is 11.0. The van der Waals surface area contributed by atoms with Gasteiger partial charge in [-0.3, -0.25) is 4.79 Å².